The highest BCUT2D eigenvalue weighted by atomic mass is 32.1. The highest BCUT2D eigenvalue weighted by molar-refractivity contribution is 7.25. The second-order valence-electron chi connectivity index (χ2n) is 13.0. The molecular weight excluding hydrogens is 623 g/mol. The highest BCUT2D eigenvalue weighted by Gasteiger charge is 2.15. The second kappa shape index (κ2) is 11.7. The van der Waals surface area contributed by atoms with Gasteiger partial charge in [-0.15, -0.1) is 11.3 Å². The van der Waals surface area contributed by atoms with Crippen LogP contribution < -0.4 is 0 Å². The molecule has 0 radical (unpaired) electrons. The van der Waals surface area contributed by atoms with Crippen molar-refractivity contribution in [2.45, 2.75) is 0 Å². The third kappa shape index (κ3) is 4.84. The van der Waals surface area contributed by atoms with Gasteiger partial charge in [0.1, 0.15) is 0 Å². The summed E-state index contributed by atoms with van der Waals surface area (Å²) in [6.45, 7) is 0. The van der Waals surface area contributed by atoms with E-state index in [2.05, 4.69) is 193 Å². The van der Waals surface area contributed by atoms with Gasteiger partial charge in [-0.3, -0.25) is 0 Å². The molecule has 0 spiro atoms. The van der Waals surface area contributed by atoms with Gasteiger partial charge in [0, 0.05) is 36.6 Å². The van der Waals surface area contributed by atoms with Crippen molar-refractivity contribution in [2.24, 2.45) is 0 Å². The Balaban J connectivity index is 1.05. The first-order valence-electron chi connectivity index (χ1n) is 17.1. The Bertz CT molecular complexity index is 2730. The molecular formula is C48H31NS. The lowest BCUT2D eigenvalue weighted by Gasteiger charge is -2.11. The average molecular weight is 654 g/mol. The average Bonchev–Trinajstić information content (AvgIpc) is 3.73. The summed E-state index contributed by atoms with van der Waals surface area (Å²) in [5.41, 5.74) is 13.3. The van der Waals surface area contributed by atoms with Crippen LogP contribution in [0, 0.1) is 0 Å². The monoisotopic (exact) mass is 653 g/mol. The number of aromatic nitrogens is 1. The van der Waals surface area contributed by atoms with Crippen LogP contribution >= 0.6 is 11.3 Å². The molecule has 10 rings (SSSR count). The highest BCUT2D eigenvalue weighted by Crippen LogP contribution is 2.39. The van der Waals surface area contributed by atoms with Crippen LogP contribution in [0.2, 0.25) is 0 Å². The van der Waals surface area contributed by atoms with Gasteiger partial charge < -0.3 is 4.57 Å². The fourth-order valence-electron chi connectivity index (χ4n) is 7.48. The molecule has 0 saturated carbocycles. The van der Waals surface area contributed by atoms with E-state index in [9.17, 15) is 0 Å². The minimum absolute atomic E-state index is 1.15. The molecule has 0 unspecified atom stereocenters. The van der Waals surface area contributed by atoms with Crippen molar-refractivity contribution in [1.82, 2.24) is 4.57 Å². The van der Waals surface area contributed by atoms with E-state index in [1.807, 2.05) is 11.3 Å². The Morgan fingerprint density at radius 1 is 0.280 bits per heavy atom. The molecule has 50 heavy (non-hydrogen) atoms. The molecule has 0 bridgehead atoms. The minimum Gasteiger partial charge on any atom is -0.309 e. The van der Waals surface area contributed by atoms with Crippen LogP contribution in [0.15, 0.2) is 188 Å². The van der Waals surface area contributed by atoms with E-state index < -0.39 is 0 Å². The van der Waals surface area contributed by atoms with Crippen molar-refractivity contribution in [1.29, 1.82) is 0 Å². The number of benzene rings is 8. The molecule has 234 valence electrons. The van der Waals surface area contributed by atoms with E-state index in [1.165, 1.54) is 86.5 Å². The quantitative estimate of drug-likeness (QED) is 0.174. The van der Waals surface area contributed by atoms with Gasteiger partial charge in [0.25, 0.3) is 0 Å². The van der Waals surface area contributed by atoms with Crippen molar-refractivity contribution >= 4 is 53.3 Å². The van der Waals surface area contributed by atoms with E-state index >= 15 is 0 Å². The number of hydrogen-bond donors (Lipinski definition) is 0. The number of hydrogen-bond acceptors (Lipinski definition) is 1. The lowest BCUT2D eigenvalue weighted by molar-refractivity contribution is 1.18. The fourth-order valence-corrected chi connectivity index (χ4v) is 8.57. The molecule has 1 nitrogen and oxygen atoms in total. The van der Waals surface area contributed by atoms with Crippen LogP contribution in [0.1, 0.15) is 0 Å². The Morgan fingerprint density at radius 2 is 0.700 bits per heavy atom. The Labute approximate surface area is 295 Å². The zero-order valence-electron chi connectivity index (χ0n) is 27.3. The summed E-state index contributed by atoms with van der Waals surface area (Å²) in [5.74, 6) is 0. The first kappa shape index (κ1) is 28.8. The van der Waals surface area contributed by atoms with Gasteiger partial charge in [-0.05, 0) is 87.0 Å². The molecule has 2 heteroatoms. The summed E-state index contributed by atoms with van der Waals surface area (Å²) in [5, 5.41) is 5.18. The van der Waals surface area contributed by atoms with Crippen LogP contribution in [0.5, 0.6) is 0 Å². The molecule has 0 saturated heterocycles. The molecule has 2 aromatic heterocycles. The zero-order valence-corrected chi connectivity index (χ0v) is 28.1. The van der Waals surface area contributed by atoms with Gasteiger partial charge in [-0.25, -0.2) is 0 Å². The van der Waals surface area contributed by atoms with Gasteiger partial charge in [0.15, 0.2) is 0 Å². The molecule has 2 heterocycles. The van der Waals surface area contributed by atoms with Crippen LogP contribution in [0.4, 0.5) is 0 Å². The molecule has 0 atom stereocenters. The summed E-state index contributed by atoms with van der Waals surface area (Å²) in [6, 6.07) is 68.7. The van der Waals surface area contributed by atoms with E-state index in [4.69, 9.17) is 0 Å². The summed E-state index contributed by atoms with van der Waals surface area (Å²) in [6.07, 6.45) is 0. The lowest BCUT2D eigenvalue weighted by atomic mass is 9.99. The molecule has 0 fully saturated rings. The Morgan fingerprint density at radius 3 is 1.30 bits per heavy atom. The molecule has 8 aromatic carbocycles. The van der Waals surface area contributed by atoms with Gasteiger partial charge >= 0.3 is 0 Å². The maximum absolute atomic E-state index is 2.43. The predicted molar refractivity (Wildman–Crippen MR) is 215 cm³/mol. The van der Waals surface area contributed by atoms with Gasteiger partial charge in [0.2, 0.25) is 0 Å². The third-order valence-corrected chi connectivity index (χ3v) is 11.2. The van der Waals surface area contributed by atoms with Crippen LogP contribution in [-0.4, -0.2) is 4.57 Å². The first-order valence-corrected chi connectivity index (χ1v) is 17.9. The Kier molecular flexibility index (Phi) is 6.75. The summed E-state index contributed by atoms with van der Waals surface area (Å²) < 4.78 is 5.11. The van der Waals surface area contributed by atoms with Gasteiger partial charge in [-0.2, -0.15) is 0 Å². The smallest absolute Gasteiger partial charge is 0.0547 e. The molecule has 10 aromatic rings. The maximum Gasteiger partial charge on any atom is 0.0547 e. The van der Waals surface area contributed by atoms with Gasteiger partial charge in [-0.1, -0.05) is 146 Å². The standard InChI is InChI=1S/C48H31NS/c1-3-9-32(10-4-1)38-21-26-41-42-27-22-39(33-11-5-2-6-12-33)31-46(42)49(45(41)30-38)40-24-19-35(20-25-40)34-15-17-36(18-16-34)37-23-28-48-44(29-37)43-13-7-8-14-47(43)50-48/h1-31H. The largest absolute Gasteiger partial charge is 0.309 e. The summed E-state index contributed by atoms with van der Waals surface area (Å²) >= 11 is 1.86. The molecule has 0 aliphatic carbocycles. The number of fused-ring (bicyclic) bond motifs is 6. The SMILES string of the molecule is c1ccc(-c2ccc3c4ccc(-c5ccccc5)cc4n(-c4ccc(-c5ccc(-c6ccc7sc8ccccc8c7c6)cc5)cc4)c3c2)cc1. The maximum atomic E-state index is 2.43. The molecule has 0 N–H and O–H groups in total. The summed E-state index contributed by atoms with van der Waals surface area (Å²) in [7, 11) is 0. The first-order chi connectivity index (χ1) is 24.8. The van der Waals surface area contributed by atoms with E-state index in [0.29, 0.717) is 0 Å². The minimum atomic E-state index is 1.15. The van der Waals surface area contributed by atoms with Crippen LogP contribution in [0.3, 0.4) is 0 Å². The van der Waals surface area contributed by atoms with Crippen molar-refractivity contribution in [3.05, 3.63) is 188 Å². The predicted octanol–water partition coefficient (Wildman–Crippen LogP) is 13.8. The van der Waals surface area contributed by atoms with E-state index in [1.54, 1.807) is 0 Å². The molecule has 0 aliphatic rings. The topological polar surface area (TPSA) is 4.93 Å². The van der Waals surface area contributed by atoms with Crippen molar-refractivity contribution in [2.75, 3.05) is 0 Å². The van der Waals surface area contributed by atoms with Crippen molar-refractivity contribution in [3.63, 3.8) is 0 Å². The number of nitrogens with zero attached hydrogens (tertiary/aromatic N) is 1. The van der Waals surface area contributed by atoms with Crippen LogP contribution in [-0.2, 0) is 0 Å². The number of thiophene rings is 1. The van der Waals surface area contributed by atoms with Crippen molar-refractivity contribution < 1.29 is 0 Å². The van der Waals surface area contributed by atoms with Crippen molar-refractivity contribution in [3.8, 4) is 50.2 Å². The molecule has 0 amide bonds. The van der Waals surface area contributed by atoms with Gasteiger partial charge in [0.05, 0.1) is 11.0 Å². The lowest BCUT2D eigenvalue weighted by Crippen LogP contribution is -1.94. The fraction of sp³-hybridized carbons (Fsp3) is 0. The Hall–Kier alpha value is -6.22. The third-order valence-electron chi connectivity index (χ3n) is 10.0. The van der Waals surface area contributed by atoms with E-state index in [0.717, 1.165) is 5.69 Å². The zero-order chi connectivity index (χ0) is 33.0. The number of rotatable bonds is 5. The second-order valence-corrected chi connectivity index (χ2v) is 14.0. The van der Waals surface area contributed by atoms with Crippen LogP contribution in [0.25, 0.3) is 92.2 Å². The summed E-state index contributed by atoms with van der Waals surface area (Å²) in [4.78, 5) is 0. The van der Waals surface area contributed by atoms with E-state index in [-0.39, 0.29) is 0 Å². The molecule has 0 aliphatic heterocycles. The normalized spacial score (nSPS) is 11.6.